The molecule has 4 rings (SSSR count). The van der Waals surface area contributed by atoms with Crippen LogP contribution in [0.4, 0.5) is 17.1 Å². The van der Waals surface area contributed by atoms with Gasteiger partial charge in [0.25, 0.3) is 5.91 Å². The summed E-state index contributed by atoms with van der Waals surface area (Å²) in [7, 11) is 1.56. The molecule has 0 fully saturated rings. The molecule has 2 aromatic heterocycles. The highest BCUT2D eigenvalue weighted by molar-refractivity contribution is 6.05. The van der Waals surface area contributed by atoms with E-state index >= 15 is 0 Å². The van der Waals surface area contributed by atoms with Gasteiger partial charge >= 0.3 is 0 Å². The molecule has 0 aliphatic heterocycles. The maximum atomic E-state index is 12.5. The predicted molar refractivity (Wildman–Crippen MR) is 113 cm³/mol. The van der Waals surface area contributed by atoms with E-state index in [1.54, 1.807) is 43.6 Å². The Balaban J connectivity index is 1.52. The smallest absolute Gasteiger partial charge is 0.255 e. The molecule has 3 N–H and O–H groups in total. The van der Waals surface area contributed by atoms with Crippen molar-refractivity contribution < 1.29 is 9.53 Å². The number of amides is 1. The zero-order chi connectivity index (χ0) is 20.2. The summed E-state index contributed by atoms with van der Waals surface area (Å²) in [6, 6.07) is 19.3. The molecule has 7 nitrogen and oxygen atoms in total. The Morgan fingerprint density at radius 2 is 1.76 bits per heavy atom. The average Bonchev–Trinajstić information content (AvgIpc) is 2.74. The van der Waals surface area contributed by atoms with E-state index in [9.17, 15) is 9.59 Å². The number of ether oxygens (including phenoxy) is 1. The molecule has 29 heavy (non-hydrogen) atoms. The van der Waals surface area contributed by atoms with Crippen molar-refractivity contribution in [2.45, 2.75) is 0 Å². The van der Waals surface area contributed by atoms with Gasteiger partial charge in [0.1, 0.15) is 11.4 Å². The number of fused-ring (bicyclic) bond motifs is 1. The number of hydrogen-bond acceptors (Lipinski definition) is 5. The normalized spacial score (nSPS) is 10.5. The number of carbonyl (C=O) groups is 1. The van der Waals surface area contributed by atoms with Gasteiger partial charge in [-0.2, -0.15) is 0 Å². The molecule has 0 spiro atoms. The third kappa shape index (κ3) is 3.93. The minimum atomic E-state index is -0.229. The number of pyridine rings is 2. The van der Waals surface area contributed by atoms with Gasteiger partial charge in [-0.15, -0.1) is 0 Å². The third-order valence-electron chi connectivity index (χ3n) is 4.41. The van der Waals surface area contributed by atoms with Crippen LogP contribution in [0.15, 0.2) is 77.7 Å². The first-order valence-corrected chi connectivity index (χ1v) is 8.93. The number of hydrogen-bond donors (Lipinski definition) is 3. The molecule has 0 aliphatic carbocycles. The van der Waals surface area contributed by atoms with E-state index in [-0.39, 0.29) is 11.5 Å². The second-order valence-corrected chi connectivity index (χ2v) is 6.30. The predicted octanol–water partition coefficient (Wildman–Crippen LogP) is 3.93. The van der Waals surface area contributed by atoms with E-state index in [1.807, 2.05) is 30.3 Å². The maximum absolute atomic E-state index is 12.5. The van der Waals surface area contributed by atoms with Crippen molar-refractivity contribution in [3.8, 4) is 5.75 Å². The first-order chi connectivity index (χ1) is 14.1. The monoisotopic (exact) mass is 386 g/mol. The molecule has 4 aromatic rings. The van der Waals surface area contributed by atoms with E-state index in [0.717, 1.165) is 16.8 Å². The molecule has 0 saturated carbocycles. The van der Waals surface area contributed by atoms with Crippen molar-refractivity contribution in [3.63, 3.8) is 0 Å². The van der Waals surface area contributed by atoms with E-state index in [1.165, 1.54) is 6.07 Å². The summed E-state index contributed by atoms with van der Waals surface area (Å²) in [5.41, 5.74) is 3.04. The lowest BCUT2D eigenvalue weighted by Crippen LogP contribution is -2.12. The van der Waals surface area contributed by atoms with Crippen LogP contribution in [0, 0.1) is 0 Å². The topological polar surface area (TPSA) is 96.1 Å². The van der Waals surface area contributed by atoms with Crippen molar-refractivity contribution in [2.24, 2.45) is 0 Å². The van der Waals surface area contributed by atoms with Crippen molar-refractivity contribution >= 4 is 34.0 Å². The zero-order valence-electron chi connectivity index (χ0n) is 15.6. The number of aromatic nitrogens is 2. The molecule has 0 aliphatic rings. The molecule has 0 atom stereocenters. The van der Waals surface area contributed by atoms with Crippen LogP contribution in [0.3, 0.4) is 0 Å². The molecule has 0 unspecified atom stereocenters. The Hall–Kier alpha value is -4.13. The minimum Gasteiger partial charge on any atom is -0.495 e. The van der Waals surface area contributed by atoms with Gasteiger partial charge in [0.15, 0.2) is 0 Å². The number of benzene rings is 2. The van der Waals surface area contributed by atoms with Crippen LogP contribution in [0.1, 0.15) is 10.4 Å². The Bertz CT molecular complexity index is 1230. The van der Waals surface area contributed by atoms with Gasteiger partial charge in [-0.1, -0.05) is 12.1 Å². The summed E-state index contributed by atoms with van der Waals surface area (Å²) in [6.45, 7) is 0. The van der Waals surface area contributed by atoms with Crippen LogP contribution in [-0.2, 0) is 0 Å². The van der Waals surface area contributed by atoms with Gasteiger partial charge in [-0.05, 0) is 48.5 Å². The van der Waals surface area contributed by atoms with Gasteiger partial charge in [0.05, 0.1) is 18.5 Å². The quantitative estimate of drug-likeness (QED) is 0.483. The van der Waals surface area contributed by atoms with Crippen molar-refractivity contribution in [2.75, 3.05) is 17.7 Å². The average molecular weight is 386 g/mol. The van der Waals surface area contributed by atoms with Crippen molar-refractivity contribution in [1.82, 2.24) is 9.97 Å². The lowest BCUT2D eigenvalue weighted by molar-refractivity contribution is 0.102. The molecule has 0 bridgehead atoms. The van der Waals surface area contributed by atoms with Gasteiger partial charge in [0, 0.05) is 28.9 Å². The SMILES string of the molecule is COc1ccccc1NC(=O)c1ccc(Nc2ccnc3[nH]c(=O)ccc23)cc1. The number of aromatic amines is 1. The number of anilines is 3. The van der Waals surface area contributed by atoms with Gasteiger partial charge in [-0.25, -0.2) is 4.98 Å². The summed E-state index contributed by atoms with van der Waals surface area (Å²) in [6.07, 6.45) is 1.62. The molecule has 0 saturated heterocycles. The fraction of sp³-hybridized carbons (Fsp3) is 0.0455. The fourth-order valence-corrected chi connectivity index (χ4v) is 2.97. The minimum absolute atomic E-state index is 0.201. The lowest BCUT2D eigenvalue weighted by Gasteiger charge is -2.11. The first-order valence-electron chi connectivity index (χ1n) is 8.93. The Morgan fingerprint density at radius 3 is 2.55 bits per heavy atom. The number of nitrogens with one attached hydrogen (secondary N) is 3. The highest BCUT2D eigenvalue weighted by Crippen LogP contribution is 2.25. The van der Waals surface area contributed by atoms with Gasteiger partial charge in [-0.3, -0.25) is 9.59 Å². The second kappa shape index (κ2) is 7.85. The van der Waals surface area contributed by atoms with Crippen LogP contribution >= 0.6 is 0 Å². The second-order valence-electron chi connectivity index (χ2n) is 6.30. The summed E-state index contributed by atoms with van der Waals surface area (Å²) >= 11 is 0. The number of H-pyrrole nitrogens is 1. The van der Waals surface area contributed by atoms with Crippen LogP contribution < -0.4 is 20.9 Å². The van der Waals surface area contributed by atoms with Crippen LogP contribution in [0.2, 0.25) is 0 Å². The van der Waals surface area contributed by atoms with E-state index < -0.39 is 0 Å². The number of carbonyl (C=O) groups excluding carboxylic acids is 1. The standard InChI is InChI=1S/C22H18N4O3/c1-29-19-5-3-2-4-18(19)25-22(28)14-6-8-15(9-7-14)24-17-12-13-23-21-16(17)10-11-20(27)26-21/h2-13H,1H3,(H,25,28)(H2,23,24,26,27). The van der Waals surface area contributed by atoms with E-state index in [0.29, 0.717) is 22.6 Å². The largest absolute Gasteiger partial charge is 0.495 e. The number of nitrogens with zero attached hydrogens (tertiary/aromatic N) is 1. The molecular weight excluding hydrogens is 368 g/mol. The summed E-state index contributed by atoms with van der Waals surface area (Å²) in [5.74, 6) is 0.370. The van der Waals surface area contributed by atoms with E-state index in [4.69, 9.17) is 4.74 Å². The van der Waals surface area contributed by atoms with Gasteiger partial charge < -0.3 is 20.4 Å². The van der Waals surface area contributed by atoms with Crippen LogP contribution in [0.5, 0.6) is 5.75 Å². The van der Waals surface area contributed by atoms with Crippen LogP contribution in [0.25, 0.3) is 11.0 Å². The number of para-hydroxylation sites is 2. The Labute approximate surface area is 166 Å². The highest BCUT2D eigenvalue weighted by Gasteiger charge is 2.10. The lowest BCUT2D eigenvalue weighted by atomic mass is 10.1. The molecule has 0 radical (unpaired) electrons. The van der Waals surface area contributed by atoms with Gasteiger partial charge in [0.2, 0.25) is 5.56 Å². The number of methoxy groups -OCH3 is 1. The van der Waals surface area contributed by atoms with Crippen molar-refractivity contribution in [3.05, 3.63) is 88.8 Å². The molecule has 2 heterocycles. The highest BCUT2D eigenvalue weighted by atomic mass is 16.5. The molecule has 144 valence electrons. The van der Waals surface area contributed by atoms with Crippen LogP contribution in [-0.4, -0.2) is 23.0 Å². The van der Waals surface area contributed by atoms with E-state index in [2.05, 4.69) is 20.6 Å². The summed E-state index contributed by atoms with van der Waals surface area (Å²) < 4.78 is 5.26. The third-order valence-corrected chi connectivity index (χ3v) is 4.41. The maximum Gasteiger partial charge on any atom is 0.255 e. The molecular formula is C22H18N4O3. The number of rotatable bonds is 5. The Morgan fingerprint density at radius 1 is 0.966 bits per heavy atom. The molecule has 2 aromatic carbocycles. The Kier molecular flexibility index (Phi) is 4.94. The first kappa shape index (κ1) is 18.2. The summed E-state index contributed by atoms with van der Waals surface area (Å²) in [4.78, 5) is 30.9. The zero-order valence-corrected chi connectivity index (χ0v) is 15.6. The summed E-state index contributed by atoms with van der Waals surface area (Å²) in [5, 5.41) is 6.93. The van der Waals surface area contributed by atoms with Crippen molar-refractivity contribution in [1.29, 1.82) is 0 Å². The molecule has 1 amide bonds. The molecule has 7 heteroatoms. The fourth-order valence-electron chi connectivity index (χ4n) is 2.97.